The third-order valence-electron chi connectivity index (χ3n) is 2.75. The molecule has 0 saturated heterocycles. The summed E-state index contributed by atoms with van der Waals surface area (Å²) in [6, 6.07) is 14.5. The molecule has 3 rings (SSSR count). The van der Waals surface area contributed by atoms with Crippen LogP contribution in [0.1, 0.15) is 0 Å². The van der Waals surface area contributed by atoms with Gasteiger partial charge in [-0.1, -0.05) is 0 Å². The topological polar surface area (TPSA) is 70.3 Å². The smallest absolute Gasteiger partial charge is 0.145 e. The third-order valence-corrected chi connectivity index (χ3v) is 3.39. The molecule has 0 aliphatic heterocycles. The van der Waals surface area contributed by atoms with Gasteiger partial charge in [-0.15, -0.1) is 0 Å². The lowest BCUT2D eigenvalue weighted by molar-refractivity contribution is 0.467. The molecule has 2 heterocycles. The fraction of sp³-hybridized carbons (Fsp3) is 0. The second kappa shape index (κ2) is 6.61. The molecule has 0 unspecified atom stereocenters. The Bertz CT molecular complexity index is 677. The molecule has 1 aromatic carbocycles. The monoisotopic (exact) mass is 405 g/mol. The molecule has 0 spiro atoms. The van der Waals surface area contributed by atoms with Crippen LogP contribution in [0.5, 0.6) is 23.0 Å². The number of nitrogen functional groups attached to an aromatic ring is 1. The summed E-state index contributed by atoms with van der Waals surface area (Å²) in [6.07, 6.45) is 3.27. The Morgan fingerprint density at radius 2 is 1.18 bits per heavy atom. The number of aromatic nitrogens is 2. The van der Waals surface area contributed by atoms with Gasteiger partial charge in [0.05, 0.1) is 12.4 Å². The second-order valence-corrected chi connectivity index (χ2v) is 5.52. The van der Waals surface area contributed by atoms with Crippen molar-refractivity contribution in [3.8, 4) is 23.0 Å². The van der Waals surface area contributed by atoms with Crippen molar-refractivity contribution in [3.05, 3.63) is 64.6 Å². The van der Waals surface area contributed by atoms with Crippen molar-refractivity contribution in [2.45, 2.75) is 0 Å². The van der Waals surface area contributed by atoms with Gasteiger partial charge in [-0.2, -0.15) is 0 Å². The standard InChI is InChI=1S/C16H12IN3O2/c17-15-7-5-13(9-19-15)21-11-1-3-12(4-2-11)22-14-6-8-16(18)20-10-14/h1-10H,(H2,18,20). The Labute approximate surface area is 141 Å². The van der Waals surface area contributed by atoms with Gasteiger partial charge in [-0.25, -0.2) is 9.97 Å². The van der Waals surface area contributed by atoms with Crippen LogP contribution in [-0.2, 0) is 0 Å². The highest BCUT2D eigenvalue weighted by molar-refractivity contribution is 14.1. The molecule has 0 amide bonds. The molecular weight excluding hydrogens is 393 g/mol. The van der Waals surface area contributed by atoms with Gasteiger partial charge in [-0.05, 0) is 71.1 Å². The van der Waals surface area contributed by atoms with E-state index in [4.69, 9.17) is 15.2 Å². The number of ether oxygens (including phenoxy) is 2. The molecule has 0 bridgehead atoms. The van der Waals surface area contributed by atoms with E-state index in [1.165, 1.54) is 0 Å². The van der Waals surface area contributed by atoms with Crippen LogP contribution in [-0.4, -0.2) is 9.97 Å². The summed E-state index contributed by atoms with van der Waals surface area (Å²) >= 11 is 2.15. The van der Waals surface area contributed by atoms with Crippen LogP contribution < -0.4 is 15.2 Å². The van der Waals surface area contributed by atoms with Crippen molar-refractivity contribution in [1.82, 2.24) is 9.97 Å². The van der Waals surface area contributed by atoms with Gasteiger partial charge in [0, 0.05) is 0 Å². The molecule has 0 aliphatic rings. The third kappa shape index (κ3) is 3.85. The minimum absolute atomic E-state index is 0.460. The summed E-state index contributed by atoms with van der Waals surface area (Å²) in [7, 11) is 0. The predicted octanol–water partition coefficient (Wildman–Crippen LogP) is 4.25. The number of hydrogen-bond acceptors (Lipinski definition) is 5. The van der Waals surface area contributed by atoms with Gasteiger partial charge in [0.1, 0.15) is 32.5 Å². The van der Waals surface area contributed by atoms with Gasteiger partial charge >= 0.3 is 0 Å². The predicted molar refractivity (Wildman–Crippen MR) is 92.2 cm³/mol. The summed E-state index contributed by atoms with van der Waals surface area (Å²) in [6.45, 7) is 0. The molecule has 5 nitrogen and oxygen atoms in total. The molecule has 0 saturated carbocycles. The highest BCUT2D eigenvalue weighted by Crippen LogP contribution is 2.26. The van der Waals surface area contributed by atoms with Gasteiger partial charge in [0.2, 0.25) is 0 Å². The second-order valence-electron chi connectivity index (χ2n) is 4.41. The van der Waals surface area contributed by atoms with E-state index in [1.54, 1.807) is 24.5 Å². The van der Waals surface area contributed by atoms with Gasteiger partial charge in [0.15, 0.2) is 0 Å². The maximum absolute atomic E-state index is 5.70. The van der Waals surface area contributed by atoms with Crippen molar-refractivity contribution in [1.29, 1.82) is 0 Å². The molecule has 2 aromatic heterocycles. The van der Waals surface area contributed by atoms with E-state index in [1.807, 2.05) is 36.4 Å². The average Bonchev–Trinajstić information content (AvgIpc) is 2.54. The number of nitrogens with zero attached hydrogens (tertiary/aromatic N) is 2. The quantitative estimate of drug-likeness (QED) is 0.519. The fourth-order valence-corrected chi connectivity index (χ4v) is 2.04. The van der Waals surface area contributed by atoms with E-state index >= 15 is 0 Å². The van der Waals surface area contributed by atoms with Crippen LogP contribution in [0.2, 0.25) is 0 Å². The molecule has 3 aromatic rings. The van der Waals surface area contributed by atoms with Crippen molar-refractivity contribution in [3.63, 3.8) is 0 Å². The highest BCUT2D eigenvalue weighted by atomic mass is 127. The Morgan fingerprint density at radius 1 is 0.682 bits per heavy atom. The fourth-order valence-electron chi connectivity index (χ4n) is 1.72. The number of nitrogens with two attached hydrogens (primary N) is 1. The number of halogens is 1. The molecule has 2 N–H and O–H groups in total. The molecule has 0 fully saturated rings. The number of hydrogen-bond donors (Lipinski definition) is 1. The summed E-state index contributed by atoms with van der Waals surface area (Å²) in [4.78, 5) is 8.15. The van der Waals surface area contributed by atoms with E-state index in [-0.39, 0.29) is 0 Å². The van der Waals surface area contributed by atoms with Gasteiger partial charge < -0.3 is 15.2 Å². The van der Waals surface area contributed by atoms with Crippen LogP contribution in [0.15, 0.2) is 60.9 Å². The van der Waals surface area contributed by atoms with Crippen LogP contribution in [0.4, 0.5) is 5.82 Å². The highest BCUT2D eigenvalue weighted by Gasteiger charge is 2.01. The lowest BCUT2D eigenvalue weighted by Gasteiger charge is -2.08. The zero-order valence-corrected chi connectivity index (χ0v) is 13.6. The Morgan fingerprint density at radius 3 is 1.64 bits per heavy atom. The Kier molecular flexibility index (Phi) is 4.38. The van der Waals surface area contributed by atoms with E-state index in [9.17, 15) is 0 Å². The van der Waals surface area contributed by atoms with Crippen LogP contribution >= 0.6 is 22.6 Å². The largest absolute Gasteiger partial charge is 0.456 e. The summed E-state index contributed by atoms with van der Waals surface area (Å²) in [5.74, 6) is 3.19. The number of pyridine rings is 2. The molecule has 0 radical (unpaired) electrons. The summed E-state index contributed by atoms with van der Waals surface area (Å²) < 4.78 is 12.3. The van der Waals surface area contributed by atoms with E-state index < -0.39 is 0 Å². The minimum Gasteiger partial charge on any atom is -0.456 e. The molecule has 6 heteroatoms. The minimum atomic E-state index is 0.460. The number of anilines is 1. The van der Waals surface area contributed by atoms with Crippen LogP contribution in [0.25, 0.3) is 0 Å². The lowest BCUT2D eigenvalue weighted by Crippen LogP contribution is -1.90. The first kappa shape index (κ1) is 14.6. The average molecular weight is 405 g/mol. The first-order chi connectivity index (χ1) is 10.7. The molecule has 110 valence electrons. The maximum atomic E-state index is 5.70. The molecule has 0 atom stereocenters. The first-order valence-corrected chi connectivity index (χ1v) is 7.56. The van der Waals surface area contributed by atoms with Crippen LogP contribution in [0.3, 0.4) is 0 Å². The summed E-state index contributed by atoms with van der Waals surface area (Å²) in [5, 5.41) is 0. The summed E-state index contributed by atoms with van der Waals surface area (Å²) in [5.41, 5.74) is 5.53. The first-order valence-electron chi connectivity index (χ1n) is 6.48. The number of benzene rings is 1. The van der Waals surface area contributed by atoms with Gasteiger partial charge in [-0.3, -0.25) is 0 Å². The Balaban J connectivity index is 1.67. The maximum Gasteiger partial charge on any atom is 0.145 e. The molecule has 22 heavy (non-hydrogen) atoms. The normalized spacial score (nSPS) is 10.2. The van der Waals surface area contributed by atoms with Crippen LogP contribution in [0, 0.1) is 3.70 Å². The Hall–Kier alpha value is -2.35. The van der Waals surface area contributed by atoms with E-state index in [0.717, 1.165) is 3.70 Å². The zero-order chi connectivity index (χ0) is 15.4. The van der Waals surface area contributed by atoms with Gasteiger partial charge in [0.25, 0.3) is 0 Å². The molecular formula is C16H12IN3O2. The van der Waals surface area contributed by atoms with Crippen molar-refractivity contribution < 1.29 is 9.47 Å². The lowest BCUT2D eigenvalue weighted by atomic mass is 10.3. The van der Waals surface area contributed by atoms with E-state index in [0.29, 0.717) is 28.8 Å². The van der Waals surface area contributed by atoms with Crippen molar-refractivity contribution >= 4 is 28.4 Å². The van der Waals surface area contributed by atoms with E-state index in [2.05, 4.69) is 32.6 Å². The SMILES string of the molecule is Nc1ccc(Oc2ccc(Oc3ccc(I)nc3)cc2)cn1. The molecule has 0 aliphatic carbocycles. The number of rotatable bonds is 4. The van der Waals surface area contributed by atoms with Crippen molar-refractivity contribution in [2.24, 2.45) is 0 Å². The zero-order valence-electron chi connectivity index (χ0n) is 11.4. The van der Waals surface area contributed by atoms with Crippen molar-refractivity contribution in [2.75, 3.05) is 5.73 Å².